The van der Waals surface area contributed by atoms with Gasteiger partial charge in [-0.1, -0.05) is 0 Å². The zero-order valence-corrected chi connectivity index (χ0v) is 11.4. The van der Waals surface area contributed by atoms with Crippen LogP contribution in [0.4, 0.5) is 0 Å². The quantitative estimate of drug-likeness (QED) is 0.493. The van der Waals surface area contributed by atoms with E-state index in [1.807, 2.05) is 0 Å². The molecule has 0 heterocycles. The van der Waals surface area contributed by atoms with Crippen molar-refractivity contribution in [3.8, 4) is 0 Å². The molecule has 12 heavy (non-hydrogen) atoms. The zero-order valence-electron chi connectivity index (χ0n) is 9.23. The number of rotatable bonds is 6. The Morgan fingerprint density at radius 1 is 1.00 bits per heavy atom. The van der Waals surface area contributed by atoms with Crippen molar-refractivity contribution in [2.24, 2.45) is 11.8 Å². The van der Waals surface area contributed by atoms with E-state index >= 15 is 0 Å². The molecule has 0 saturated heterocycles. The summed E-state index contributed by atoms with van der Waals surface area (Å²) in [7, 11) is 0. The molecule has 0 aliphatic carbocycles. The SMILES string of the molecule is CC[I-]C(CC)C(C)C(C)CC. The average molecular weight is 283 g/mol. The monoisotopic (exact) mass is 283 g/mol. The van der Waals surface area contributed by atoms with Crippen LogP contribution in [0.15, 0.2) is 0 Å². The van der Waals surface area contributed by atoms with E-state index in [0.717, 1.165) is 15.8 Å². The van der Waals surface area contributed by atoms with Crippen molar-refractivity contribution >= 4 is 0 Å². The number of halogens is 1. The summed E-state index contributed by atoms with van der Waals surface area (Å²) in [5, 5.41) is 0. The van der Waals surface area contributed by atoms with Crippen molar-refractivity contribution in [2.45, 2.75) is 51.4 Å². The summed E-state index contributed by atoms with van der Waals surface area (Å²) in [6.45, 7) is 11.9. The summed E-state index contributed by atoms with van der Waals surface area (Å²) < 4.78 is 2.53. The Kier molecular flexibility index (Phi) is 7.60. The molecule has 3 atom stereocenters. The molecule has 0 bridgehead atoms. The van der Waals surface area contributed by atoms with Crippen LogP contribution in [0.3, 0.4) is 0 Å². The first kappa shape index (κ1) is 12.7. The van der Waals surface area contributed by atoms with Crippen LogP contribution >= 0.6 is 0 Å². The first-order valence-corrected chi connectivity index (χ1v) is 8.02. The van der Waals surface area contributed by atoms with Gasteiger partial charge in [-0.15, -0.1) is 0 Å². The summed E-state index contributed by atoms with van der Waals surface area (Å²) in [6, 6.07) is 0. The standard InChI is InChI=1S/C11H24I/c1-6-9(4)10(5)11(7-2)12-8-3/h9-11H,6-8H2,1-5H3/q-1. The van der Waals surface area contributed by atoms with Gasteiger partial charge in [0.15, 0.2) is 0 Å². The zero-order chi connectivity index (χ0) is 9.56. The van der Waals surface area contributed by atoms with E-state index in [2.05, 4.69) is 34.6 Å². The summed E-state index contributed by atoms with van der Waals surface area (Å²) in [4.78, 5) is 0. The van der Waals surface area contributed by atoms with Crippen LogP contribution in [-0.2, 0) is 0 Å². The first-order valence-electron chi connectivity index (χ1n) is 5.24. The maximum atomic E-state index is 2.46. The summed E-state index contributed by atoms with van der Waals surface area (Å²) in [5.41, 5.74) is 0. The molecule has 0 saturated carbocycles. The predicted molar refractivity (Wildman–Crippen MR) is 53.2 cm³/mol. The second-order valence-electron chi connectivity index (χ2n) is 3.59. The van der Waals surface area contributed by atoms with E-state index < -0.39 is 0 Å². The summed E-state index contributed by atoms with van der Waals surface area (Å²) >= 11 is 0.482. The molecule has 0 aromatic carbocycles. The third-order valence-corrected chi connectivity index (χ3v) is 6.88. The van der Waals surface area contributed by atoms with E-state index in [-0.39, 0.29) is 0 Å². The van der Waals surface area contributed by atoms with Gasteiger partial charge in [-0.3, -0.25) is 0 Å². The molecule has 76 valence electrons. The molecule has 0 aromatic heterocycles. The molecular formula is C11H24I-. The van der Waals surface area contributed by atoms with Gasteiger partial charge in [0.1, 0.15) is 0 Å². The van der Waals surface area contributed by atoms with Gasteiger partial charge in [-0.25, -0.2) is 0 Å². The molecule has 3 unspecified atom stereocenters. The van der Waals surface area contributed by atoms with Gasteiger partial charge in [0, 0.05) is 0 Å². The molecule has 0 amide bonds. The molecular weight excluding hydrogens is 259 g/mol. The minimum absolute atomic E-state index is 0.482. The van der Waals surface area contributed by atoms with E-state index in [1.54, 1.807) is 0 Å². The second-order valence-corrected chi connectivity index (χ2v) is 7.60. The van der Waals surface area contributed by atoms with Crippen molar-refractivity contribution in [3.63, 3.8) is 0 Å². The number of alkyl halides is 2. The van der Waals surface area contributed by atoms with Gasteiger partial charge in [0.25, 0.3) is 0 Å². The Morgan fingerprint density at radius 2 is 1.58 bits per heavy atom. The van der Waals surface area contributed by atoms with Gasteiger partial charge in [-0.2, -0.15) is 0 Å². The van der Waals surface area contributed by atoms with Crippen molar-refractivity contribution < 1.29 is 21.2 Å². The van der Waals surface area contributed by atoms with Crippen molar-refractivity contribution in [1.82, 2.24) is 0 Å². The third-order valence-electron chi connectivity index (χ3n) is 2.85. The van der Waals surface area contributed by atoms with Crippen LogP contribution in [0, 0.1) is 11.8 Å². The van der Waals surface area contributed by atoms with Crippen molar-refractivity contribution in [2.75, 3.05) is 4.43 Å². The van der Waals surface area contributed by atoms with E-state index in [4.69, 9.17) is 0 Å². The molecule has 0 spiro atoms. The normalized spacial score (nSPS) is 19.1. The van der Waals surface area contributed by atoms with Gasteiger partial charge in [-0.05, 0) is 0 Å². The number of hydrogen-bond acceptors (Lipinski definition) is 0. The van der Waals surface area contributed by atoms with Crippen LogP contribution in [0.25, 0.3) is 0 Å². The van der Waals surface area contributed by atoms with Gasteiger partial charge >= 0.3 is 88.9 Å². The van der Waals surface area contributed by atoms with Crippen LogP contribution < -0.4 is 21.2 Å². The minimum atomic E-state index is 0.482. The second kappa shape index (κ2) is 7.16. The average Bonchev–Trinajstić information content (AvgIpc) is 2.11. The molecule has 0 aliphatic rings. The van der Waals surface area contributed by atoms with Crippen LogP contribution in [0.2, 0.25) is 0 Å². The Hall–Kier alpha value is 0.730. The van der Waals surface area contributed by atoms with Gasteiger partial charge < -0.3 is 0 Å². The Balaban J connectivity index is 3.91. The van der Waals surface area contributed by atoms with E-state index in [1.165, 1.54) is 17.3 Å². The Labute approximate surface area is 88.8 Å². The Morgan fingerprint density at radius 3 is 1.92 bits per heavy atom. The van der Waals surface area contributed by atoms with Gasteiger partial charge in [0.05, 0.1) is 0 Å². The summed E-state index contributed by atoms with van der Waals surface area (Å²) in [5.74, 6) is 1.90. The molecule has 0 N–H and O–H groups in total. The van der Waals surface area contributed by atoms with Crippen LogP contribution in [0.1, 0.15) is 47.5 Å². The topological polar surface area (TPSA) is 0 Å². The first-order chi connectivity index (χ1) is 5.67. The predicted octanol–water partition coefficient (Wildman–Crippen LogP) is 0.556. The van der Waals surface area contributed by atoms with Crippen LogP contribution in [-0.4, -0.2) is 8.35 Å². The maximum absolute atomic E-state index is 2.46. The molecule has 0 fully saturated rings. The molecule has 0 aromatic rings. The fraction of sp³-hybridized carbons (Fsp3) is 1.00. The molecule has 0 nitrogen and oxygen atoms in total. The van der Waals surface area contributed by atoms with E-state index in [9.17, 15) is 0 Å². The summed E-state index contributed by atoms with van der Waals surface area (Å²) in [6.07, 6.45) is 2.76. The van der Waals surface area contributed by atoms with E-state index in [0.29, 0.717) is 21.2 Å². The Bertz CT molecular complexity index is 101. The fourth-order valence-corrected chi connectivity index (χ4v) is 4.81. The molecule has 0 rings (SSSR count). The third kappa shape index (κ3) is 4.11. The van der Waals surface area contributed by atoms with Gasteiger partial charge in [0.2, 0.25) is 0 Å². The fourth-order valence-electron chi connectivity index (χ4n) is 1.55. The molecule has 1 heteroatoms. The molecule has 0 aliphatic heterocycles. The van der Waals surface area contributed by atoms with Crippen molar-refractivity contribution in [1.29, 1.82) is 0 Å². The number of hydrogen-bond donors (Lipinski definition) is 0. The van der Waals surface area contributed by atoms with Crippen LogP contribution in [0.5, 0.6) is 0 Å². The molecule has 0 radical (unpaired) electrons. The van der Waals surface area contributed by atoms with Crippen molar-refractivity contribution in [3.05, 3.63) is 0 Å².